The van der Waals surface area contributed by atoms with Gasteiger partial charge in [0.25, 0.3) is 0 Å². The SMILES string of the molecule is Cc1ccn(CCCO)n1. The number of nitrogens with zero attached hydrogens (tertiary/aromatic N) is 2. The molecule has 0 bridgehead atoms. The van der Waals surface area contributed by atoms with Crippen molar-refractivity contribution in [2.45, 2.75) is 19.9 Å². The van der Waals surface area contributed by atoms with E-state index in [9.17, 15) is 0 Å². The molecule has 0 aromatic carbocycles. The fraction of sp³-hybridized carbons (Fsp3) is 0.571. The molecule has 0 unspecified atom stereocenters. The summed E-state index contributed by atoms with van der Waals surface area (Å²) in [5.74, 6) is 0. The molecule has 1 rings (SSSR count). The standard InChI is InChI=1S/C7H12N2O/c1-7-3-5-9(8-7)4-2-6-10/h3,5,10H,2,4,6H2,1H3. The minimum Gasteiger partial charge on any atom is -0.396 e. The van der Waals surface area contributed by atoms with E-state index in [1.165, 1.54) is 0 Å². The zero-order chi connectivity index (χ0) is 7.40. The van der Waals surface area contributed by atoms with Gasteiger partial charge in [0.15, 0.2) is 0 Å². The van der Waals surface area contributed by atoms with E-state index in [-0.39, 0.29) is 6.61 Å². The van der Waals surface area contributed by atoms with E-state index in [0.29, 0.717) is 0 Å². The fourth-order valence-electron chi connectivity index (χ4n) is 0.820. The van der Waals surface area contributed by atoms with Crippen LogP contribution < -0.4 is 0 Å². The van der Waals surface area contributed by atoms with Crippen molar-refractivity contribution in [1.29, 1.82) is 0 Å². The molecule has 10 heavy (non-hydrogen) atoms. The molecule has 1 aromatic heterocycles. The average molecular weight is 140 g/mol. The van der Waals surface area contributed by atoms with E-state index in [2.05, 4.69) is 5.10 Å². The second-order valence-corrected chi connectivity index (χ2v) is 2.30. The lowest BCUT2D eigenvalue weighted by atomic mass is 10.4. The van der Waals surface area contributed by atoms with Crippen molar-refractivity contribution in [3.8, 4) is 0 Å². The highest BCUT2D eigenvalue weighted by atomic mass is 16.3. The van der Waals surface area contributed by atoms with Crippen LogP contribution in [0, 0.1) is 6.92 Å². The predicted octanol–water partition coefficient (Wildman–Crippen LogP) is 0.574. The first kappa shape index (κ1) is 7.28. The highest BCUT2D eigenvalue weighted by Crippen LogP contribution is 1.93. The second kappa shape index (κ2) is 3.37. The summed E-state index contributed by atoms with van der Waals surface area (Å²) >= 11 is 0. The van der Waals surface area contributed by atoms with Gasteiger partial charge >= 0.3 is 0 Å². The molecule has 0 aliphatic rings. The second-order valence-electron chi connectivity index (χ2n) is 2.30. The van der Waals surface area contributed by atoms with Crippen LogP contribution in [0.4, 0.5) is 0 Å². The molecule has 0 aliphatic heterocycles. The summed E-state index contributed by atoms with van der Waals surface area (Å²) < 4.78 is 1.84. The summed E-state index contributed by atoms with van der Waals surface area (Å²) in [6.45, 7) is 3.00. The lowest BCUT2D eigenvalue weighted by Gasteiger charge is -1.96. The van der Waals surface area contributed by atoms with Crippen LogP contribution in [-0.2, 0) is 6.54 Å². The number of aliphatic hydroxyl groups is 1. The van der Waals surface area contributed by atoms with E-state index in [4.69, 9.17) is 5.11 Å². The van der Waals surface area contributed by atoms with Crippen molar-refractivity contribution in [2.24, 2.45) is 0 Å². The van der Waals surface area contributed by atoms with Crippen molar-refractivity contribution >= 4 is 0 Å². The molecule has 0 fully saturated rings. The van der Waals surface area contributed by atoms with Crippen molar-refractivity contribution < 1.29 is 5.11 Å². The minimum absolute atomic E-state index is 0.235. The van der Waals surface area contributed by atoms with Crippen molar-refractivity contribution in [3.05, 3.63) is 18.0 Å². The maximum atomic E-state index is 8.49. The molecule has 3 nitrogen and oxygen atoms in total. The number of aliphatic hydroxyl groups excluding tert-OH is 1. The Bertz CT molecular complexity index is 195. The molecule has 0 saturated carbocycles. The summed E-state index contributed by atoms with van der Waals surface area (Å²) in [6, 6.07) is 1.96. The van der Waals surface area contributed by atoms with Crippen LogP contribution in [0.25, 0.3) is 0 Å². The molecule has 0 atom stereocenters. The summed E-state index contributed by atoms with van der Waals surface area (Å²) in [4.78, 5) is 0. The van der Waals surface area contributed by atoms with Crippen LogP contribution in [0.15, 0.2) is 12.3 Å². The van der Waals surface area contributed by atoms with Gasteiger partial charge in [0.05, 0.1) is 5.69 Å². The Labute approximate surface area is 60.3 Å². The van der Waals surface area contributed by atoms with Gasteiger partial charge in [-0.2, -0.15) is 5.10 Å². The normalized spacial score (nSPS) is 10.2. The van der Waals surface area contributed by atoms with Crippen LogP contribution >= 0.6 is 0 Å². The molecule has 0 aliphatic carbocycles. The van der Waals surface area contributed by atoms with E-state index >= 15 is 0 Å². The summed E-state index contributed by atoms with van der Waals surface area (Å²) in [7, 11) is 0. The van der Waals surface area contributed by atoms with Crippen LogP contribution in [0.2, 0.25) is 0 Å². The number of hydrogen-bond donors (Lipinski definition) is 1. The van der Waals surface area contributed by atoms with Crippen molar-refractivity contribution in [1.82, 2.24) is 9.78 Å². The molecule has 0 radical (unpaired) electrons. The molecular weight excluding hydrogens is 128 g/mol. The maximum Gasteiger partial charge on any atom is 0.0593 e. The Morgan fingerprint density at radius 3 is 3.00 bits per heavy atom. The number of aromatic nitrogens is 2. The van der Waals surface area contributed by atoms with Crippen molar-refractivity contribution in [2.75, 3.05) is 6.61 Å². The molecule has 1 N–H and O–H groups in total. The van der Waals surface area contributed by atoms with Crippen LogP contribution in [0.5, 0.6) is 0 Å². The van der Waals surface area contributed by atoms with Gasteiger partial charge in [-0.05, 0) is 19.4 Å². The van der Waals surface area contributed by atoms with Crippen molar-refractivity contribution in [3.63, 3.8) is 0 Å². The number of rotatable bonds is 3. The van der Waals surface area contributed by atoms with E-state index in [0.717, 1.165) is 18.7 Å². The van der Waals surface area contributed by atoms with Gasteiger partial charge in [0.1, 0.15) is 0 Å². The molecule has 56 valence electrons. The molecule has 0 spiro atoms. The fourth-order valence-corrected chi connectivity index (χ4v) is 0.820. The Hall–Kier alpha value is -0.830. The van der Waals surface area contributed by atoms with E-state index in [1.54, 1.807) is 0 Å². The van der Waals surface area contributed by atoms with Gasteiger partial charge in [-0.1, -0.05) is 0 Å². The molecule has 1 heterocycles. The Balaban J connectivity index is 2.42. The first-order chi connectivity index (χ1) is 4.83. The third-order valence-corrected chi connectivity index (χ3v) is 1.32. The maximum absolute atomic E-state index is 8.49. The first-order valence-corrected chi connectivity index (χ1v) is 3.44. The quantitative estimate of drug-likeness (QED) is 0.666. The smallest absolute Gasteiger partial charge is 0.0593 e. The lowest BCUT2D eigenvalue weighted by molar-refractivity contribution is 0.277. The molecule has 0 saturated heterocycles. The van der Waals surface area contributed by atoms with E-state index < -0.39 is 0 Å². The van der Waals surface area contributed by atoms with Gasteiger partial charge < -0.3 is 5.11 Å². The highest BCUT2D eigenvalue weighted by molar-refractivity contribution is 4.94. The van der Waals surface area contributed by atoms with Gasteiger partial charge in [-0.15, -0.1) is 0 Å². The largest absolute Gasteiger partial charge is 0.396 e. The zero-order valence-corrected chi connectivity index (χ0v) is 6.12. The topological polar surface area (TPSA) is 38.0 Å². The third-order valence-electron chi connectivity index (χ3n) is 1.32. The monoisotopic (exact) mass is 140 g/mol. The van der Waals surface area contributed by atoms with E-state index in [1.807, 2.05) is 23.9 Å². The third kappa shape index (κ3) is 1.84. The Kier molecular flexibility index (Phi) is 2.45. The zero-order valence-electron chi connectivity index (χ0n) is 6.12. The van der Waals surface area contributed by atoms with Gasteiger partial charge in [0.2, 0.25) is 0 Å². The molecule has 1 aromatic rings. The van der Waals surface area contributed by atoms with Crippen LogP contribution in [0.3, 0.4) is 0 Å². The Morgan fingerprint density at radius 2 is 2.50 bits per heavy atom. The first-order valence-electron chi connectivity index (χ1n) is 3.44. The predicted molar refractivity (Wildman–Crippen MR) is 38.7 cm³/mol. The molecular formula is C7H12N2O. The average Bonchev–Trinajstić information content (AvgIpc) is 2.31. The molecule has 0 amide bonds. The summed E-state index contributed by atoms with van der Waals surface area (Å²) in [6.07, 6.45) is 2.70. The minimum atomic E-state index is 0.235. The van der Waals surface area contributed by atoms with Gasteiger partial charge in [0, 0.05) is 19.3 Å². The highest BCUT2D eigenvalue weighted by Gasteiger charge is 1.91. The number of aryl methyl sites for hydroxylation is 2. The van der Waals surface area contributed by atoms with Gasteiger partial charge in [-0.25, -0.2) is 0 Å². The van der Waals surface area contributed by atoms with Crippen LogP contribution in [-0.4, -0.2) is 21.5 Å². The van der Waals surface area contributed by atoms with Gasteiger partial charge in [-0.3, -0.25) is 4.68 Å². The summed E-state index contributed by atoms with van der Waals surface area (Å²) in [5.41, 5.74) is 1.03. The van der Waals surface area contributed by atoms with Crippen LogP contribution in [0.1, 0.15) is 12.1 Å². The number of hydrogen-bond acceptors (Lipinski definition) is 2. The molecule has 3 heteroatoms. The lowest BCUT2D eigenvalue weighted by Crippen LogP contribution is -2.00. The summed E-state index contributed by atoms with van der Waals surface area (Å²) in [5, 5.41) is 12.6. The Morgan fingerprint density at radius 1 is 1.70 bits per heavy atom.